The van der Waals surface area contributed by atoms with Crippen LogP contribution in [0.25, 0.3) is 43.1 Å². The largest absolute Gasteiger partial charge is 0.457 e. The molecule has 0 saturated carbocycles. The molecule has 4 amide bonds. The summed E-state index contributed by atoms with van der Waals surface area (Å²) < 4.78 is 14.3. The highest BCUT2D eigenvalue weighted by atomic mass is 16.5. The molecule has 8 nitrogen and oxygen atoms in total. The lowest BCUT2D eigenvalue weighted by atomic mass is 9.80. The van der Waals surface area contributed by atoms with Crippen molar-refractivity contribution in [3.05, 3.63) is 117 Å². The number of imide groups is 2. The molecule has 2 aliphatic heterocycles. The zero-order valence-electron chi connectivity index (χ0n) is 42.3. The molecule has 2 heterocycles. The average Bonchev–Trinajstić information content (AvgIpc) is 3.25. The van der Waals surface area contributed by atoms with E-state index >= 15 is 4.79 Å². The first-order valence-electron chi connectivity index (χ1n) is 24.5. The highest BCUT2D eigenvalue weighted by molar-refractivity contribution is 6.43. The summed E-state index contributed by atoms with van der Waals surface area (Å²) >= 11 is 0. The van der Waals surface area contributed by atoms with Gasteiger partial charge in [-0.3, -0.25) is 29.4 Å². The van der Waals surface area contributed by atoms with Gasteiger partial charge < -0.3 is 9.47 Å². The Labute approximate surface area is 401 Å². The number of carbonyl (C=O) groups excluding carboxylic acids is 4. The molecule has 68 heavy (non-hydrogen) atoms. The Bertz CT molecular complexity index is 3190. The van der Waals surface area contributed by atoms with E-state index < -0.39 is 11.8 Å². The van der Waals surface area contributed by atoms with E-state index in [0.29, 0.717) is 94.9 Å². The monoisotopic (exact) mass is 910 g/mol. The number of unbranched alkanes of at least 4 members (excludes halogenated alkanes) is 5. The van der Waals surface area contributed by atoms with Crippen molar-refractivity contribution in [3.63, 3.8) is 0 Å². The van der Waals surface area contributed by atoms with Gasteiger partial charge in [-0.2, -0.15) is 0 Å². The fraction of sp³-hybridized carbons (Fsp3) is 0.400. The first kappa shape index (κ1) is 46.8. The van der Waals surface area contributed by atoms with Gasteiger partial charge in [0.2, 0.25) is 0 Å². The SMILES string of the molecule is CCCCCCCCN1C(=O)c2ccc3c4c(Oc5cc(C(C)(C)C)cc(C(C)(C)C)c5)cc5c6c(ccc(c7c(Oc8cc(C(C)(C)C)cc(C(C)(C)C)c8)cc(c2c37)C1=O)c64)C(=O)NC5=O. The van der Waals surface area contributed by atoms with Gasteiger partial charge in [-0.1, -0.05) is 146 Å². The van der Waals surface area contributed by atoms with Crippen molar-refractivity contribution in [2.75, 3.05) is 6.54 Å². The summed E-state index contributed by atoms with van der Waals surface area (Å²) in [6.45, 7) is 28.7. The normalized spacial score (nSPS) is 14.6. The molecule has 7 aromatic rings. The highest BCUT2D eigenvalue weighted by Gasteiger charge is 2.38. The number of carbonyl (C=O) groups is 4. The van der Waals surface area contributed by atoms with Gasteiger partial charge in [0.1, 0.15) is 23.0 Å². The van der Waals surface area contributed by atoms with Crippen LogP contribution in [0.2, 0.25) is 0 Å². The Balaban J connectivity index is 1.38. The summed E-state index contributed by atoms with van der Waals surface area (Å²) in [5, 5.41) is 7.75. The van der Waals surface area contributed by atoms with Crippen molar-refractivity contribution >= 4 is 66.7 Å². The van der Waals surface area contributed by atoms with Crippen LogP contribution < -0.4 is 14.8 Å². The molecule has 0 bridgehead atoms. The number of amides is 4. The van der Waals surface area contributed by atoms with E-state index in [1.165, 1.54) is 4.90 Å². The van der Waals surface area contributed by atoms with Crippen LogP contribution in [0.5, 0.6) is 23.0 Å². The molecule has 0 fully saturated rings. The molecule has 1 N–H and O–H groups in total. The first-order chi connectivity index (χ1) is 31.9. The zero-order chi connectivity index (χ0) is 49.0. The van der Waals surface area contributed by atoms with Crippen molar-refractivity contribution in [1.29, 1.82) is 0 Å². The molecule has 0 saturated heterocycles. The van der Waals surface area contributed by atoms with Crippen LogP contribution in [-0.2, 0) is 21.7 Å². The number of ether oxygens (including phenoxy) is 2. The summed E-state index contributed by atoms with van der Waals surface area (Å²) in [4.78, 5) is 58.9. The standard InChI is InChI=1S/C60H66N2O6/c1-14-15-16-17-18-19-24-62-55(65)42-23-21-40-49-45(67-37-27-33(57(2,3)4)25-34(28-37)58(5,6)7)31-43-47-41(53(63)61-54(43)64)22-20-39(51(47)49)50-46(32-44(56(62)66)48(42)52(40)50)68-38-29-35(59(8,9)10)26-36(30-38)60(11,12)13/h20-23,25-32H,14-19,24H2,1-13H3,(H,61,63,64). The Morgan fingerprint density at radius 2 is 0.824 bits per heavy atom. The highest BCUT2D eigenvalue weighted by Crippen LogP contribution is 2.53. The molecule has 0 radical (unpaired) electrons. The van der Waals surface area contributed by atoms with E-state index in [-0.39, 0.29) is 33.5 Å². The van der Waals surface area contributed by atoms with Gasteiger partial charge >= 0.3 is 0 Å². The molecule has 7 aromatic carbocycles. The van der Waals surface area contributed by atoms with E-state index in [9.17, 15) is 14.4 Å². The maximum atomic E-state index is 15.0. The van der Waals surface area contributed by atoms with Gasteiger partial charge in [0.25, 0.3) is 23.6 Å². The number of hydrogen-bond donors (Lipinski definition) is 1. The topological polar surface area (TPSA) is 102 Å². The fourth-order valence-electron chi connectivity index (χ4n) is 10.1. The van der Waals surface area contributed by atoms with Crippen LogP contribution in [0.4, 0.5) is 0 Å². The summed E-state index contributed by atoms with van der Waals surface area (Å²) in [7, 11) is 0. The second-order valence-electron chi connectivity index (χ2n) is 23.4. The lowest BCUT2D eigenvalue weighted by molar-refractivity contribution is 0.0606. The number of nitrogens with zero attached hydrogens (tertiary/aromatic N) is 1. The van der Waals surface area contributed by atoms with Crippen molar-refractivity contribution in [1.82, 2.24) is 10.2 Å². The van der Waals surface area contributed by atoms with E-state index in [4.69, 9.17) is 9.47 Å². The van der Waals surface area contributed by atoms with Gasteiger partial charge in [-0.15, -0.1) is 0 Å². The van der Waals surface area contributed by atoms with Crippen LogP contribution >= 0.6 is 0 Å². The maximum absolute atomic E-state index is 15.0. The number of rotatable bonds is 11. The summed E-state index contributed by atoms with van der Waals surface area (Å²) in [6.07, 6.45) is 6.12. The summed E-state index contributed by atoms with van der Waals surface area (Å²) in [5.74, 6) is 0.406. The first-order valence-corrected chi connectivity index (χ1v) is 24.5. The average molecular weight is 911 g/mol. The molecule has 9 rings (SSSR count). The van der Waals surface area contributed by atoms with Crippen LogP contribution in [0, 0.1) is 0 Å². The summed E-state index contributed by atoms with van der Waals surface area (Å²) in [6, 6.07) is 23.7. The molecule has 0 aliphatic carbocycles. The predicted octanol–water partition coefficient (Wildman–Crippen LogP) is 15.4. The molecular formula is C60H66N2O6. The Morgan fingerprint density at radius 3 is 1.29 bits per heavy atom. The second kappa shape index (κ2) is 16.5. The van der Waals surface area contributed by atoms with Crippen molar-refractivity contribution < 1.29 is 28.7 Å². The maximum Gasteiger partial charge on any atom is 0.261 e. The molecular weight excluding hydrogens is 845 g/mol. The van der Waals surface area contributed by atoms with Crippen LogP contribution in [0.15, 0.2) is 72.8 Å². The second-order valence-corrected chi connectivity index (χ2v) is 23.4. The van der Waals surface area contributed by atoms with Gasteiger partial charge in [-0.25, -0.2) is 0 Å². The fourth-order valence-corrected chi connectivity index (χ4v) is 10.1. The van der Waals surface area contributed by atoms with Gasteiger partial charge in [-0.05, 0) is 110 Å². The third-order valence-corrected chi connectivity index (χ3v) is 14.2. The van der Waals surface area contributed by atoms with Crippen LogP contribution in [0.3, 0.4) is 0 Å². The Hall–Kier alpha value is -6.28. The van der Waals surface area contributed by atoms with E-state index in [0.717, 1.165) is 60.8 Å². The lowest BCUT2D eigenvalue weighted by Gasteiger charge is -2.30. The van der Waals surface area contributed by atoms with E-state index in [1.807, 2.05) is 24.3 Å². The minimum absolute atomic E-state index is 0.200. The lowest BCUT2D eigenvalue weighted by Crippen LogP contribution is -2.41. The van der Waals surface area contributed by atoms with Gasteiger partial charge in [0.05, 0.1) is 11.1 Å². The van der Waals surface area contributed by atoms with Crippen LogP contribution in [-0.4, -0.2) is 35.1 Å². The molecule has 0 unspecified atom stereocenters. The summed E-state index contributed by atoms with van der Waals surface area (Å²) in [5.41, 5.74) is 5.12. The molecule has 0 aromatic heterocycles. The predicted molar refractivity (Wildman–Crippen MR) is 276 cm³/mol. The number of hydrogen-bond acceptors (Lipinski definition) is 6. The van der Waals surface area contributed by atoms with E-state index in [1.54, 1.807) is 12.1 Å². The van der Waals surface area contributed by atoms with Crippen molar-refractivity contribution in [3.8, 4) is 23.0 Å². The Morgan fingerprint density at radius 1 is 0.426 bits per heavy atom. The third-order valence-electron chi connectivity index (χ3n) is 14.2. The molecule has 0 spiro atoms. The zero-order valence-corrected chi connectivity index (χ0v) is 42.3. The Kier molecular flexibility index (Phi) is 11.3. The number of nitrogens with one attached hydrogen (secondary N) is 1. The smallest absolute Gasteiger partial charge is 0.261 e. The van der Waals surface area contributed by atoms with Gasteiger partial charge in [0, 0.05) is 50.0 Å². The van der Waals surface area contributed by atoms with Crippen molar-refractivity contribution in [2.45, 2.75) is 150 Å². The molecule has 8 heteroatoms. The number of fused-ring (bicyclic) bond motifs is 2. The van der Waals surface area contributed by atoms with Gasteiger partial charge in [0.15, 0.2) is 0 Å². The van der Waals surface area contributed by atoms with E-state index in [2.05, 4.69) is 132 Å². The van der Waals surface area contributed by atoms with Crippen molar-refractivity contribution in [2.24, 2.45) is 0 Å². The molecule has 0 atom stereocenters. The minimum Gasteiger partial charge on any atom is -0.457 e. The molecule has 352 valence electrons. The minimum atomic E-state index is -0.516. The molecule has 2 aliphatic rings. The quantitative estimate of drug-likeness (QED) is 0.0600. The number of benzene rings is 7. The third kappa shape index (κ3) is 8.07. The van der Waals surface area contributed by atoms with Crippen LogP contribution in [0.1, 0.15) is 192 Å².